The molecule has 0 aromatic rings. The summed E-state index contributed by atoms with van der Waals surface area (Å²) in [5.74, 6) is -0.970. The number of nitrogens with one attached hydrogen (secondary N) is 2. The van der Waals surface area contributed by atoms with Gasteiger partial charge >= 0.3 is 11.9 Å². The second-order valence-corrected chi connectivity index (χ2v) is 4.80. The van der Waals surface area contributed by atoms with E-state index < -0.39 is 32.1 Å². The first-order valence-electron chi connectivity index (χ1n) is 5.82. The minimum atomic E-state index is -2.46. The summed E-state index contributed by atoms with van der Waals surface area (Å²) in [6.07, 6.45) is 0. The molecule has 0 amide bonds. The summed E-state index contributed by atoms with van der Waals surface area (Å²) >= 11 is 0. The summed E-state index contributed by atoms with van der Waals surface area (Å²) in [5, 5.41) is 5.09. The quantitative estimate of drug-likeness (QED) is 0.492. The van der Waals surface area contributed by atoms with Crippen molar-refractivity contribution in [1.29, 1.82) is 0 Å². The fourth-order valence-corrected chi connectivity index (χ4v) is 2.19. The lowest BCUT2D eigenvalue weighted by molar-refractivity contribution is -0.145. The van der Waals surface area contributed by atoms with Crippen molar-refractivity contribution in [1.82, 2.24) is 10.2 Å². The fourth-order valence-electron chi connectivity index (χ4n) is 1.09. The van der Waals surface area contributed by atoms with Crippen LogP contribution in [0.1, 0.15) is 27.7 Å². The highest BCUT2D eigenvalue weighted by Gasteiger charge is 2.19. The molecular weight excluding hydrogens is 259 g/mol. The van der Waals surface area contributed by atoms with E-state index >= 15 is 0 Å². The van der Waals surface area contributed by atoms with E-state index in [1.54, 1.807) is 13.8 Å². The molecule has 0 radical (unpaired) electrons. The number of rotatable bonds is 8. The first-order valence-corrected chi connectivity index (χ1v) is 7.23. The summed E-state index contributed by atoms with van der Waals surface area (Å²) in [6, 6.07) is -1.39. The van der Waals surface area contributed by atoms with Crippen molar-refractivity contribution in [3.63, 3.8) is 0 Å². The zero-order chi connectivity index (χ0) is 14.1. The zero-order valence-electron chi connectivity index (χ0n) is 11.1. The standard InChI is InChI=1S/C10H21N2O5P/c1-5-16-9(13)7(3)11-18(15)12-8(4)10(14)17-6-2/h7-8,18H,5-6H2,1-4H3,(H2,11,12,15). The van der Waals surface area contributed by atoms with Crippen LogP contribution in [0.5, 0.6) is 0 Å². The Morgan fingerprint density at radius 2 is 1.33 bits per heavy atom. The van der Waals surface area contributed by atoms with Gasteiger partial charge in [0.15, 0.2) is 0 Å². The molecule has 0 aromatic carbocycles. The molecule has 0 aliphatic heterocycles. The molecule has 0 heterocycles. The molecule has 2 N–H and O–H groups in total. The van der Waals surface area contributed by atoms with Crippen LogP contribution in [0.25, 0.3) is 0 Å². The second-order valence-electron chi connectivity index (χ2n) is 3.57. The van der Waals surface area contributed by atoms with E-state index in [9.17, 15) is 14.2 Å². The summed E-state index contributed by atoms with van der Waals surface area (Å²) in [5.41, 5.74) is 0. The van der Waals surface area contributed by atoms with Gasteiger partial charge in [-0.2, -0.15) is 0 Å². The van der Waals surface area contributed by atoms with Gasteiger partial charge < -0.3 is 9.47 Å². The summed E-state index contributed by atoms with van der Waals surface area (Å²) in [4.78, 5) is 22.5. The molecule has 8 heteroatoms. The highest BCUT2D eigenvalue weighted by molar-refractivity contribution is 7.40. The Morgan fingerprint density at radius 3 is 1.61 bits per heavy atom. The highest BCUT2D eigenvalue weighted by atomic mass is 31.1. The molecule has 106 valence electrons. The highest BCUT2D eigenvalue weighted by Crippen LogP contribution is 2.12. The van der Waals surface area contributed by atoms with Crippen LogP contribution < -0.4 is 10.2 Å². The molecule has 0 fully saturated rings. The Balaban J connectivity index is 4.10. The average molecular weight is 280 g/mol. The average Bonchev–Trinajstić information content (AvgIpc) is 2.29. The molecule has 0 spiro atoms. The topological polar surface area (TPSA) is 93.7 Å². The predicted octanol–water partition coefficient (Wildman–Crippen LogP) is 0.458. The third-order valence-corrected chi connectivity index (χ3v) is 3.37. The van der Waals surface area contributed by atoms with Crippen molar-refractivity contribution in [3.05, 3.63) is 0 Å². The smallest absolute Gasteiger partial charge is 0.323 e. The Bertz CT molecular complexity index is 283. The van der Waals surface area contributed by atoms with E-state index in [2.05, 4.69) is 10.2 Å². The summed E-state index contributed by atoms with van der Waals surface area (Å²) in [6.45, 7) is 6.98. The SMILES string of the molecule is CCOC(=O)C(C)N[PH](=O)NC(C)C(=O)OCC. The number of carbonyl (C=O) groups excluding carboxylic acids is 2. The first kappa shape index (κ1) is 17.1. The van der Waals surface area contributed by atoms with Gasteiger partial charge in [-0.15, -0.1) is 0 Å². The van der Waals surface area contributed by atoms with Gasteiger partial charge in [0.25, 0.3) is 0 Å². The number of ether oxygens (including phenoxy) is 2. The predicted molar refractivity (Wildman–Crippen MR) is 67.5 cm³/mol. The van der Waals surface area contributed by atoms with Gasteiger partial charge in [-0.25, -0.2) is 10.2 Å². The lowest BCUT2D eigenvalue weighted by Gasteiger charge is -2.16. The van der Waals surface area contributed by atoms with E-state index in [0.717, 1.165) is 0 Å². The molecule has 7 nitrogen and oxygen atoms in total. The van der Waals surface area contributed by atoms with Crippen LogP contribution in [-0.4, -0.2) is 37.2 Å². The van der Waals surface area contributed by atoms with E-state index in [-0.39, 0.29) is 13.2 Å². The van der Waals surface area contributed by atoms with Crippen LogP contribution in [0, 0.1) is 0 Å². The zero-order valence-corrected chi connectivity index (χ0v) is 12.1. The lowest BCUT2D eigenvalue weighted by Crippen LogP contribution is -2.37. The molecule has 2 atom stereocenters. The molecule has 2 unspecified atom stereocenters. The van der Waals surface area contributed by atoms with Crippen molar-refractivity contribution >= 4 is 20.0 Å². The van der Waals surface area contributed by atoms with Gasteiger partial charge in [0.2, 0.25) is 8.10 Å². The van der Waals surface area contributed by atoms with E-state index in [1.807, 2.05) is 0 Å². The maximum atomic E-state index is 11.6. The third-order valence-electron chi connectivity index (χ3n) is 1.98. The molecular formula is C10H21N2O5P. The van der Waals surface area contributed by atoms with E-state index in [0.29, 0.717) is 0 Å². The minimum absolute atomic E-state index is 0.262. The van der Waals surface area contributed by atoms with Crippen LogP contribution in [0.4, 0.5) is 0 Å². The molecule has 0 bridgehead atoms. The largest absolute Gasteiger partial charge is 0.465 e. The number of carbonyl (C=O) groups is 2. The molecule has 0 aromatic heterocycles. The maximum absolute atomic E-state index is 11.6. The van der Waals surface area contributed by atoms with Gasteiger partial charge in [-0.1, -0.05) is 0 Å². The van der Waals surface area contributed by atoms with Crippen molar-refractivity contribution in [3.8, 4) is 0 Å². The van der Waals surface area contributed by atoms with Gasteiger partial charge in [0, 0.05) is 0 Å². The molecule has 0 rings (SSSR count). The van der Waals surface area contributed by atoms with Crippen LogP contribution in [-0.2, 0) is 23.6 Å². The number of esters is 2. The van der Waals surface area contributed by atoms with Gasteiger partial charge in [-0.05, 0) is 27.7 Å². The number of hydrogen-bond donors (Lipinski definition) is 2. The maximum Gasteiger partial charge on any atom is 0.323 e. The van der Waals surface area contributed by atoms with Crippen LogP contribution in [0.15, 0.2) is 0 Å². The lowest BCUT2D eigenvalue weighted by atomic mass is 10.4. The van der Waals surface area contributed by atoms with E-state index in [1.165, 1.54) is 13.8 Å². The van der Waals surface area contributed by atoms with Crippen molar-refractivity contribution in [2.45, 2.75) is 39.8 Å². The normalized spacial score (nSPS) is 15.6. The Morgan fingerprint density at radius 1 is 1.00 bits per heavy atom. The third kappa shape index (κ3) is 6.74. The van der Waals surface area contributed by atoms with Gasteiger partial charge in [-0.3, -0.25) is 14.2 Å². The molecule has 0 aliphatic rings. The summed E-state index contributed by atoms with van der Waals surface area (Å²) in [7, 11) is -2.46. The van der Waals surface area contributed by atoms with Crippen molar-refractivity contribution in [2.24, 2.45) is 0 Å². The van der Waals surface area contributed by atoms with Gasteiger partial charge in [0.05, 0.1) is 13.2 Å². The second kappa shape index (κ2) is 9.08. The Kier molecular flexibility index (Phi) is 8.62. The van der Waals surface area contributed by atoms with Crippen molar-refractivity contribution < 1.29 is 23.6 Å². The van der Waals surface area contributed by atoms with Gasteiger partial charge in [0.1, 0.15) is 12.1 Å². The molecule has 18 heavy (non-hydrogen) atoms. The Hall–Kier alpha value is -0.910. The van der Waals surface area contributed by atoms with Crippen LogP contribution in [0.2, 0.25) is 0 Å². The van der Waals surface area contributed by atoms with Crippen molar-refractivity contribution in [2.75, 3.05) is 13.2 Å². The molecule has 0 aliphatic carbocycles. The Labute approximate surface area is 107 Å². The first-order chi connectivity index (χ1) is 8.42. The van der Waals surface area contributed by atoms with E-state index in [4.69, 9.17) is 9.47 Å². The summed E-state index contributed by atoms with van der Waals surface area (Å²) < 4.78 is 21.1. The van der Waals surface area contributed by atoms with Crippen LogP contribution in [0.3, 0.4) is 0 Å². The van der Waals surface area contributed by atoms with Crippen LogP contribution >= 0.6 is 8.10 Å². The molecule has 0 saturated carbocycles. The monoisotopic (exact) mass is 280 g/mol. The minimum Gasteiger partial charge on any atom is -0.465 e. The fraction of sp³-hybridized carbons (Fsp3) is 0.800. The number of hydrogen-bond acceptors (Lipinski definition) is 5. The molecule has 0 saturated heterocycles.